The van der Waals surface area contributed by atoms with Gasteiger partial charge in [0, 0.05) is 25.2 Å². The van der Waals surface area contributed by atoms with Crippen LogP contribution in [0.25, 0.3) is 0 Å². The van der Waals surface area contributed by atoms with Gasteiger partial charge in [-0.25, -0.2) is 0 Å². The van der Waals surface area contributed by atoms with Crippen LogP contribution in [0.15, 0.2) is 30.3 Å². The molecule has 0 aliphatic heterocycles. The molecule has 2 fully saturated rings. The van der Waals surface area contributed by atoms with E-state index < -0.39 is 0 Å². The molecule has 0 spiro atoms. The van der Waals surface area contributed by atoms with Gasteiger partial charge in [0.2, 0.25) is 0 Å². The van der Waals surface area contributed by atoms with E-state index >= 15 is 0 Å². The molecule has 2 heteroatoms. The molecule has 3 rings (SSSR count). The van der Waals surface area contributed by atoms with Crippen LogP contribution in [-0.2, 0) is 0 Å². The van der Waals surface area contributed by atoms with Crippen LogP contribution in [-0.4, -0.2) is 31.1 Å². The molecule has 1 atom stereocenters. The Morgan fingerprint density at radius 2 is 1.89 bits per heavy atom. The lowest BCUT2D eigenvalue weighted by molar-refractivity contribution is 0.159. The summed E-state index contributed by atoms with van der Waals surface area (Å²) in [5, 5.41) is 3.70. The third kappa shape index (κ3) is 3.58. The smallest absolute Gasteiger partial charge is 0.0469 e. The van der Waals surface area contributed by atoms with Crippen molar-refractivity contribution in [1.29, 1.82) is 0 Å². The molecule has 1 unspecified atom stereocenters. The van der Waals surface area contributed by atoms with E-state index in [1.807, 2.05) is 0 Å². The molecule has 2 saturated carbocycles. The van der Waals surface area contributed by atoms with Gasteiger partial charge in [-0.15, -0.1) is 0 Å². The predicted octanol–water partition coefficient (Wildman–Crippen LogP) is 3.21. The molecule has 0 bridgehead atoms. The van der Waals surface area contributed by atoms with Gasteiger partial charge >= 0.3 is 0 Å². The monoisotopic (exact) mass is 258 g/mol. The molecule has 2 nitrogen and oxygen atoms in total. The minimum absolute atomic E-state index is 0.530. The topological polar surface area (TPSA) is 15.3 Å². The van der Waals surface area contributed by atoms with Crippen LogP contribution in [0.5, 0.6) is 0 Å². The summed E-state index contributed by atoms with van der Waals surface area (Å²) in [6.07, 6.45) is 7.04. The number of likely N-dealkylation sites (N-methyl/N-ethyl adjacent to an activating group) is 1. The zero-order valence-corrected chi connectivity index (χ0v) is 12.0. The van der Waals surface area contributed by atoms with Gasteiger partial charge in [0.1, 0.15) is 0 Å². The van der Waals surface area contributed by atoms with E-state index in [9.17, 15) is 0 Å². The first-order chi connectivity index (χ1) is 9.33. The Morgan fingerprint density at radius 3 is 2.47 bits per heavy atom. The van der Waals surface area contributed by atoms with Gasteiger partial charge in [-0.05, 0) is 44.2 Å². The molecular weight excluding hydrogens is 232 g/mol. The Kier molecular flexibility index (Phi) is 4.19. The van der Waals surface area contributed by atoms with E-state index in [-0.39, 0.29) is 0 Å². The van der Waals surface area contributed by atoms with E-state index in [0.717, 1.165) is 18.5 Å². The fourth-order valence-corrected chi connectivity index (χ4v) is 2.98. The summed E-state index contributed by atoms with van der Waals surface area (Å²) in [7, 11) is 2.30. The third-order valence-corrected chi connectivity index (χ3v) is 4.66. The summed E-state index contributed by atoms with van der Waals surface area (Å²) in [4.78, 5) is 2.56. The molecule has 0 aromatic heterocycles. The fraction of sp³-hybridized carbons (Fsp3) is 0.647. The second-order valence-electron chi connectivity index (χ2n) is 6.35. The quantitative estimate of drug-likeness (QED) is 0.808. The maximum absolute atomic E-state index is 3.70. The van der Waals surface area contributed by atoms with Crippen molar-refractivity contribution >= 4 is 0 Å². The minimum atomic E-state index is 0.530. The third-order valence-electron chi connectivity index (χ3n) is 4.66. The molecule has 0 radical (unpaired) electrons. The second kappa shape index (κ2) is 6.06. The van der Waals surface area contributed by atoms with Crippen molar-refractivity contribution in [3.8, 4) is 0 Å². The SMILES string of the molecule is CN(CC1CCC1)C(CNC1CC1)c1ccccc1. The molecule has 0 saturated heterocycles. The van der Waals surface area contributed by atoms with E-state index in [4.69, 9.17) is 0 Å². The highest BCUT2D eigenvalue weighted by molar-refractivity contribution is 5.19. The van der Waals surface area contributed by atoms with Crippen LogP contribution in [0, 0.1) is 5.92 Å². The number of rotatable bonds is 7. The van der Waals surface area contributed by atoms with Gasteiger partial charge in [-0.2, -0.15) is 0 Å². The van der Waals surface area contributed by atoms with Gasteiger partial charge in [-0.3, -0.25) is 4.90 Å². The number of hydrogen-bond acceptors (Lipinski definition) is 2. The average Bonchev–Trinajstić information content (AvgIpc) is 3.19. The van der Waals surface area contributed by atoms with Gasteiger partial charge in [0.05, 0.1) is 0 Å². The average molecular weight is 258 g/mol. The van der Waals surface area contributed by atoms with Crippen LogP contribution in [0.3, 0.4) is 0 Å². The Bertz CT molecular complexity index is 382. The first kappa shape index (κ1) is 13.1. The summed E-state index contributed by atoms with van der Waals surface area (Å²) in [6, 6.07) is 12.3. The molecule has 104 valence electrons. The highest BCUT2D eigenvalue weighted by atomic mass is 15.2. The molecule has 19 heavy (non-hydrogen) atoms. The summed E-state index contributed by atoms with van der Waals surface area (Å²) < 4.78 is 0. The Morgan fingerprint density at radius 1 is 1.16 bits per heavy atom. The Labute approximate surface area is 117 Å². The lowest BCUT2D eigenvalue weighted by atomic mass is 9.84. The minimum Gasteiger partial charge on any atom is -0.312 e. The highest BCUT2D eigenvalue weighted by Crippen LogP contribution is 2.30. The number of hydrogen-bond donors (Lipinski definition) is 1. The lowest BCUT2D eigenvalue weighted by Crippen LogP contribution is -2.38. The summed E-state index contributed by atoms with van der Waals surface area (Å²) in [5.74, 6) is 0.942. The van der Waals surface area contributed by atoms with Gasteiger partial charge in [0.25, 0.3) is 0 Å². The van der Waals surface area contributed by atoms with Crippen molar-refractivity contribution < 1.29 is 0 Å². The normalized spacial score (nSPS) is 21.4. The van der Waals surface area contributed by atoms with Crippen LogP contribution in [0.1, 0.15) is 43.7 Å². The first-order valence-corrected chi connectivity index (χ1v) is 7.81. The number of nitrogens with zero attached hydrogens (tertiary/aromatic N) is 1. The Balaban J connectivity index is 1.63. The predicted molar refractivity (Wildman–Crippen MR) is 80.2 cm³/mol. The zero-order valence-electron chi connectivity index (χ0n) is 12.0. The van der Waals surface area contributed by atoms with Gasteiger partial charge in [0.15, 0.2) is 0 Å². The van der Waals surface area contributed by atoms with Crippen molar-refractivity contribution in [2.75, 3.05) is 20.1 Å². The van der Waals surface area contributed by atoms with E-state index in [1.165, 1.54) is 44.2 Å². The van der Waals surface area contributed by atoms with Crippen molar-refractivity contribution in [2.45, 2.75) is 44.2 Å². The van der Waals surface area contributed by atoms with Crippen molar-refractivity contribution in [1.82, 2.24) is 10.2 Å². The Hall–Kier alpha value is -0.860. The molecule has 1 aromatic carbocycles. The maximum Gasteiger partial charge on any atom is 0.0469 e. The second-order valence-corrected chi connectivity index (χ2v) is 6.35. The molecule has 2 aliphatic rings. The van der Waals surface area contributed by atoms with Gasteiger partial charge < -0.3 is 5.32 Å². The number of benzene rings is 1. The maximum atomic E-state index is 3.70. The standard InChI is InChI=1S/C17H26N2/c1-19(13-14-6-5-7-14)17(12-18-16-10-11-16)15-8-3-2-4-9-15/h2-4,8-9,14,16-18H,5-7,10-13H2,1H3. The van der Waals surface area contributed by atoms with Crippen molar-refractivity contribution in [2.24, 2.45) is 5.92 Å². The van der Waals surface area contributed by atoms with Crippen molar-refractivity contribution in [3.63, 3.8) is 0 Å². The van der Waals surface area contributed by atoms with Crippen molar-refractivity contribution in [3.05, 3.63) is 35.9 Å². The fourth-order valence-electron chi connectivity index (χ4n) is 2.98. The zero-order chi connectivity index (χ0) is 13.1. The summed E-state index contributed by atoms with van der Waals surface area (Å²) in [5.41, 5.74) is 1.46. The van der Waals surface area contributed by atoms with Crippen LogP contribution in [0.2, 0.25) is 0 Å². The molecule has 1 N–H and O–H groups in total. The first-order valence-electron chi connectivity index (χ1n) is 7.81. The number of nitrogens with one attached hydrogen (secondary N) is 1. The molecule has 0 amide bonds. The molecule has 2 aliphatic carbocycles. The summed E-state index contributed by atoms with van der Waals surface area (Å²) in [6.45, 7) is 2.35. The van der Waals surface area contributed by atoms with Gasteiger partial charge in [-0.1, -0.05) is 36.8 Å². The largest absolute Gasteiger partial charge is 0.312 e. The van der Waals surface area contributed by atoms with Crippen LogP contribution >= 0.6 is 0 Å². The van der Waals surface area contributed by atoms with E-state index in [1.54, 1.807) is 0 Å². The van der Waals surface area contributed by atoms with Crippen LogP contribution < -0.4 is 5.32 Å². The van der Waals surface area contributed by atoms with Crippen LogP contribution in [0.4, 0.5) is 0 Å². The molecule has 1 aromatic rings. The van der Waals surface area contributed by atoms with E-state index in [0.29, 0.717) is 6.04 Å². The molecule has 0 heterocycles. The lowest BCUT2D eigenvalue weighted by Gasteiger charge is -2.35. The van der Waals surface area contributed by atoms with E-state index in [2.05, 4.69) is 47.6 Å². The molecular formula is C17H26N2. The summed E-state index contributed by atoms with van der Waals surface area (Å²) >= 11 is 0. The highest BCUT2D eigenvalue weighted by Gasteiger charge is 2.26.